The van der Waals surface area contributed by atoms with Gasteiger partial charge in [0, 0.05) is 6.42 Å². The van der Waals surface area contributed by atoms with E-state index in [9.17, 15) is 4.79 Å². The van der Waals surface area contributed by atoms with Crippen molar-refractivity contribution in [3.8, 4) is 0 Å². The smallest absolute Gasteiger partial charge is 0.151 e. The van der Waals surface area contributed by atoms with Crippen molar-refractivity contribution in [2.24, 2.45) is 10.8 Å². The van der Waals surface area contributed by atoms with Gasteiger partial charge < -0.3 is 0 Å². The lowest BCUT2D eigenvalue weighted by Gasteiger charge is -2.42. The van der Waals surface area contributed by atoms with Gasteiger partial charge >= 0.3 is 0 Å². The van der Waals surface area contributed by atoms with E-state index in [1.807, 2.05) is 0 Å². The summed E-state index contributed by atoms with van der Waals surface area (Å²) < 4.78 is 0. The fourth-order valence-corrected chi connectivity index (χ4v) is 2.54. The van der Waals surface area contributed by atoms with Gasteiger partial charge in [-0.1, -0.05) is 27.7 Å². The molecular formula is C10H17ClO. The van der Waals surface area contributed by atoms with Crippen LogP contribution < -0.4 is 0 Å². The fraction of sp³-hybridized carbons (Fsp3) is 0.900. The molecule has 0 amide bonds. The molecule has 0 aromatic heterocycles. The molecule has 0 N–H and O–H groups in total. The summed E-state index contributed by atoms with van der Waals surface area (Å²) >= 11 is 6.04. The lowest BCUT2D eigenvalue weighted by atomic mass is 9.65. The molecule has 0 heterocycles. The molecule has 1 nitrogen and oxygen atoms in total. The molecule has 0 spiro atoms. The highest BCUT2D eigenvalue weighted by molar-refractivity contribution is 6.31. The van der Waals surface area contributed by atoms with Crippen molar-refractivity contribution in [2.75, 3.05) is 0 Å². The molecule has 70 valence electrons. The number of ketones is 1. The van der Waals surface area contributed by atoms with Crippen LogP contribution in [0.2, 0.25) is 0 Å². The minimum absolute atomic E-state index is 0.0413. The number of alkyl halides is 1. The van der Waals surface area contributed by atoms with Gasteiger partial charge in [-0.3, -0.25) is 4.79 Å². The van der Waals surface area contributed by atoms with Gasteiger partial charge in [0.1, 0.15) is 0 Å². The molecule has 0 saturated heterocycles. The summed E-state index contributed by atoms with van der Waals surface area (Å²) in [6.07, 6.45) is 1.66. The summed E-state index contributed by atoms with van der Waals surface area (Å²) in [4.78, 5) is 11.5. The summed E-state index contributed by atoms with van der Waals surface area (Å²) in [5.74, 6) is 0.206. The van der Waals surface area contributed by atoms with Crippen LogP contribution in [0.15, 0.2) is 0 Å². The van der Waals surface area contributed by atoms with Gasteiger partial charge in [-0.25, -0.2) is 0 Å². The van der Waals surface area contributed by atoms with Crippen LogP contribution in [0.4, 0.5) is 0 Å². The highest BCUT2D eigenvalue weighted by Crippen LogP contribution is 2.46. The second kappa shape index (κ2) is 2.73. The first-order valence-corrected chi connectivity index (χ1v) is 4.85. The molecule has 1 rings (SSSR count). The van der Waals surface area contributed by atoms with E-state index in [2.05, 4.69) is 27.7 Å². The normalized spacial score (nSPS) is 33.4. The van der Waals surface area contributed by atoms with Crippen LogP contribution in [0.3, 0.4) is 0 Å². The minimum atomic E-state index is -0.287. The highest BCUT2D eigenvalue weighted by Gasteiger charge is 2.44. The maximum atomic E-state index is 11.5. The van der Waals surface area contributed by atoms with Crippen LogP contribution in [0.5, 0.6) is 0 Å². The van der Waals surface area contributed by atoms with Crippen molar-refractivity contribution < 1.29 is 4.79 Å². The molecule has 1 aliphatic carbocycles. The Hall–Kier alpha value is -0.0400. The van der Waals surface area contributed by atoms with Crippen LogP contribution in [0.25, 0.3) is 0 Å². The summed E-state index contributed by atoms with van der Waals surface area (Å²) in [6.45, 7) is 8.41. The van der Waals surface area contributed by atoms with Crippen LogP contribution in [0, 0.1) is 10.8 Å². The lowest BCUT2D eigenvalue weighted by molar-refractivity contribution is -0.126. The van der Waals surface area contributed by atoms with Crippen molar-refractivity contribution in [2.45, 2.75) is 45.9 Å². The van der Waals surface area contributed by atoms with Crippen LogP contribution in [0.1, 0.15) is 40.5 Å². The van der Waals surface area contributed by atoms with Crippen LogP contribution in [-0.4, -0.2) is 11.2 Å². The SMILES string of the molecule is CC1(C)CC(=O)[C@H](Cl)C(C)(C)C1. The number of Topliss-reactive ketones (excluding diaryl/α,β-unsaturated/α-hetero) is 1. The van der Waals surface area contributed by atoms with Gasteiger partial charge in [-0.05, 0) is 17.3 Å². The predicted molar refractivity (Wildman–Crippen MR) is 51.4 cm³/mol. The van der Waals surface area contributed by atoms with Crippen molar-refractivity contribution >= 4 is 17.4 Å². The zero-order valence-electron chi connectivity index (χ0n) is 8.28. The van der Waals surface area contributed by atoms with Crippen molar-refractivity contribution in [1.29, 1.82) is 0 Å². The lowest BCUT2D eigenvalue weighted by Crippen LogP contribution is -2.43. The molecule has 0 aliphatic heterocycles. The number of hydrogen-bond acceptors (Lipinski definition) is 1. The molecule has 1 fully saturated rings. The Kier molecular flexibility index (Phi) is 2.28. The first-order valence-electron chi connectivity index (χ1n) is 4.41. The highest BCUT2D eigenvalue weighted by atomic mass is 35.5. The van der Waals surface area contributed by atoms with Gasteiger partial charge in [0.05, 0.1) is 5.38 Å². The Morgan fingerprint density at radius 2 is 1.83 bits per heavy atom. The number of carbonyl (C=O) groups excluding carboxylic acids is 1. The molecule has 12 heavy (non-hydrogen) atoms. The summed E-state index contributed by atoms with van der Waals surface area (Å²) in [6, 6.07) is 0. The largest absolute Gasteiger partial charge is 0.298 e. The van der Waals surface area contributed by atoms with E-state index in [1.165, 1.54) is 0 Å². The Bertz CT molecular complexity index is 206. The molecule has 1 saturated carbocycles. The molecule has 0 unspecified atom stereocenters. The molecule has 0 bridgehead atoms. The standard InChI is InChI=1S/C10H17ClO/c1-9(2)5-7(12)8(11)10(3,4)6-9/h8H,5-6H2,1-4H3/t8-/m0/s1. The Labute approximate surface area is 79.5 Å². The maximum Gasteiger partial charge on any atom is 0.151 e. The molecule has 2 heteroatoms. The zero-order chi connectivity index (χ0) is 9.57. The zero-order valence-corrected chi connectivity index (χ0v) is 9.03. The molecular weight excluding hydrogens is 172 g/mol. The van der Waals surface area contributed by atoms with E-state index < -0.39 is 0 Å². The van der Waals surface area contributed by atoms with E-state index >= 15 is 0 Å². The fourth-order valence-electron chi connectivity index (χ4n) is 2.38. The number of rotatable bonds is 0. The Morgan fingerprint density at radius 1 is 1.33 bits per heavy atom. The van der Waals surface area contributed by atoms with Gasteiger partial charge in [-0.2, -0.15) is 0 Å². The summed E-state index contributed by atoms with van der Waals surface area (Å²) in [5.41, 5.74) is 0.0896. The van der Waals surface area contributed by atoms with Crippen LogP contribution >= 0.6 is 11.6 Å². The van der Waals surface area contributed by atoms with Gasteiger partial charge in [0.25, 0.3) is 0 Å². The number of hydrogen-bond donors (Lipinski definition) is 0. The summed E-state index contributed by atoms with van der Waals surface area (Å²) in [7, 11) is 0. The molecule has 0 radical (unpaired) electrons. The predicted octanol–water partition coefficient (Wildman–Crippen LogP) is 3.01. The van der Waals surface area contributed by atoms with E-state index in [-0.39, 0.29) is 22.0 Å². The van der Waals surface area contributed by atoms with E-state index in [1.54, 1.807) is 0 Å². The van der Waals surface area contributed by atoms with Crippen molar-refractivity contribution in [1.82, 2.24) is 0 Å². The molecule has 1 aliphatic rings. The first kappa shape index (κ1) is 10.0. The molecule has 0 aromatic carbocycles. The minimum Gasteiger partial charge on any atom is -0.298 e. The third-order valence-electron chi connectivity index (χ3n) is 2.56. The van der Waals surface area contributed by atoms with E-state index in [4.69, 9.17) is 11.6 Å². The van der Waals surface area contributed by atoms with Crippen LogP contribution in [-0.2, 0) is 4.79 Å². The summed E-state index contributed by atoms with van der Waals surface area (Å²) in [5, 5.41) is -0.287. The Morgan fingerprint density at radius 3 is 2.25 bits per heavy atom. The number of carbonyl (C=O) groups is 1. The second-order valence-electron chi connectivity index (χ2n) is 5.34. The van der Waals surface area contributed by atoms with E-state index in [0.717, 1.165) is 6.42 Å². The molecule has 0 aromatic rings. The average molecular weight is 189 g/mol. The number of halogens is 1. The van der Waals surface area contributed by atoms with Crippen molar-refractivity contribution in [3.05, 3.63) is 0 Å². The quantitative estimate of drug-likeness (QED) is 0.535. The van der Waals surface area contributed by atoms with Gasteiger partial charge in [-0.15, -0.1) is 11.6 Å². The van der Waals surface area contributed by atoms with Gasteiger partial charge in [0.15, 0.2) is 5.78 Å². The topological polar surface area (TPSA) is 17.1 Å². The monoisotopic (exact) mass is 188 g/mol. The van der Waals surface area contributed by atoms with Gasteiger partial charge in [0.2, 0.25) is 0 Å². The second-order valence-corrected chi connectivity index (χ2v) is 5.77. The maximum absolute atomic E-state index is 11.5. The molecule has 1 atom stereocenters. The van der Waals surface area contributed by atoms with E-state index in [0.29, 0.717) is 6.42 Å². The third-order valence-corrected chi connectivity index (χ3v) is 3.39. The first-order chi connectivity index (χ1) is 5.25. The Balaban J connectivity index is 2.87. The van der Waals surface area contributed by atoms with Crippen molar-refractivity contribution in [3.63, 3.8) is 0 Å². The average Bonchev–Trinajstić information content (AvgIpc) is 1.79. The third kappa shape index (κ3) is 1.82.